The molecule has 60 heavy (non-hydrogen) atoms. The summed E-state index contributed by atoms with van der Waals surface area (Å²) in [6.45, 7) is 14.3. The second-order valence-electron chi connectivity index (χ2n) is 15.6. The standard InChI is InChI=1S/C52H46N8/c1-7-57-47-15-11-9-13-43(47)45-27-25-41(31-49(45)57)59(51-53-33(3)29-34(4)54-51)39-21-17-37(18-22-39)38-19-23-40(24-20-38)60(52-55-35(5)30-36(6)56-52)42-26-28-46-44-14-10-12-16-48(44)58(8-2)50(46)32-42/h9-32H,7-8H2,1-6H3. The van der Waals surface area contributed by atoms with Crippen LogP contribution in [0.15, 0.2) is 146 Å². The summed E-state index contributed by atoms with van der Waals surface area (Å²) >= 11 is 0. The predicted molar refractivity (Wildman–Crippen MR) is 249 cm³/mol. The van der Waals surface area contributed by atoms with Crippen molar-refractivity contribution < 1.29 is 0 Å². The van der Waals surface area contributed by atoms with E-state index in [1.165, 1.54) is 43.6 Å². The highest BCUT2D eigenvalue weighted by molar-refractivity contribution is 6.10. The van der Waals surface area contributed by atoms with Crippen LogP contribution >= 0.6 is 0 Å². The van der Waals surface area contributed by atoms with Crippen LogP contribution in [-0.4, -0.2) is 29.1 Å². The fraction of sp³-hybridized carbons (Fsp3) is 0.154. The minimum Gasteiger partial charge on any atom is -0.341 e. The quantitative estimate of drug-likeness (QED) is 0.145. The summed E-state index contributed by atoms with van der Waals surface area (Å²) in [6.07, 6.45) is 0. The van der Waals surface area contributed by atoms with E-state index in [1.54, 1.807) is 0 Å². The molecule has 8 nitrogen and oxygen atoms in total. The zero-order valence-corrected chi connectivity index (χ0v) is 34.8. The lowest BCUT2D eigenvalue weighted by atomic mass is 10.0. The molecule has 0 spiro atoms. The average Bonchev–Trinajstić information content (AvgIpc) is 3.75. The Hall–Kier alpha value is -7.32. The Balaban J connectivity index is 1.03. The topological polar surface area (TPSA) is 67.9 Å². The first-order valence-corrected chi connectivity index (χ1v) is 20.7. The maximum atomic E-state index is 4.95. The van der Waals surface area contributed by atoms with E-state index in [0.717, 1.165) is 69.7 Å². The first kappa shape index (κ1) is 37.0. The van der Waals surface area contributed by atoms with Crippen LogP contribution in [0.3, 0.4) is 0 Å². The van der Waals surface area contributed by atoms with Gasteiger partial charge in [-0.1, -0.05) is 72.8 Å². The molecule has 0 saturated carbocycles. The van der Waals surface area contributed by atoms with Crippen LogP contribution in [0.4, 0.5) is 34.6 Å². The molecule has 0 radical (unpaired) electrons. The van der Waals surface area contributed by atoms with Gasteiger partial charge < -0.3 is 9.13 Å². The van der Waals surface area contributed by atoms with Gasteiger partial charge in [0.05, 0.1) is 22.4 Å². The van der Waals surface area contributed by atoms with Crippen LogP contribution < -0.4 is 9.80 Å². The van der Waals surface area contributed by atoms with Crippen molar-refractivity contribution in [1.82, 2.24) is 29.1 Å². The molecule has 294 valence electrons. The van der Waals surface area contributed by atoms with E-state index in [9.17, 15) is 0 Å². The van der Waals surface area contributed by atoms with E-state index in [0.29, 0.717) is 11.9 Å². The third-order valence-electron chi connectivity index (χ3n) is 11.6. The molecule has 10 aromatic rings. The molecule has 0 N–H and O–H groups in total. The van der Waals surface area contributed by atoms with Gasteiger partial charge >= 0.3 is 0 Å². The van der Waals surface area contributed by atoms with Gasteiger partial charge in [0.1, 0.15) is 0 Å². The zero-order valence-electron chi connectivity index (χ0n) is 34.8. The highest BCUT2D eigenvalue weighted by atomic mass is 15.3. The molecule has 10 rings (SSSR count). The summed E-state index contributed by atoms with van der Waals surface area (Å²) in [5, 5.41) is 5.00. The lowest BCUT2D eigenvalue weighted by Gasteiger charge is -2.25. The Labute approximate surface area is 350 Å². The maximum Gasteiger partial charge on any atom is 0.235 e. The summed E-state index contributed by atoms with van der Waals surface area (Å²) in [5.74, 6) is 1.30. The molecule has 4 aromatic heterocycles. The number of fused-ring (bicyclic) bond motifs is 6. The third-order valence-corrected chi connectivity index (χ3v) is 11.6. The van der Waals surface area contributed by atoms with Crippen LogP contribution in [0.1, 0.15) is 36.6 Å². The largest absolute Gasteiger partial charge is 0.341 e. The highest BCUT2D eigenvalue weighted by Crippen LogP contribution is 2.40. The van der Waals surface area contributed by atoms with E-state index in [1.807, 2.05) is 39.8 Å². The smallest absolute Gasteiger partial charge is 0.235 e. The summed E-state index contributed by atoms with van der Waals surface area (Å²) in [4.78, 5) is 24.1. The molecule has 0 aliphatic rings. The third kappa shape index (κ3) is 6.32. The van der Waals surface area contributed by atoms with Gasteiger partial charge in [-0.05, 0) is 125 Å². The van der Waals surface area contributed by atoms with E-state index < -0.39 is 0 Å². The molecule has 0 bridgehead atoms. The van der Waals surface area contributed by atoms with Crippen LogP contribution in [0.5, 0.6) is 0 Å². The van der Waals surface area contributed by atoms with Gasteiger partial charge in [-0.2, -0.15) is 0 Å². The van der Waals surface area contributed by atoms with Crippen molar-refractivity contribution in [1.29, 1.82) is 0 Å². The fourth-order valence-corrected chi connectivity index (χ4v) is 9.02. The van der Waals surface area contributed by atoms with Crippen molar-refractivity contribution in [2.45, 2.75) is 54.6 Å². The number of hydrogen-bond acceptors (Lipinski definition) is 6. The van der Waals surface area contributed by atoms with Gasteiger partial charge in [0.25, 0.3) is 0 Å². The Morgan fingerprint density at radius 3 is 1.07 bits per heavy atom. The number of hydrogen-bond donors (Lipinski definition) is 0. The Bertz CT molecular complexity index is 2970. The first-order valence-electron chi connectivity index (χ1n) is 20.7. The number of rotatable bonds is 9. The monoisotopic (exact) mass is 782 g/mol. The normalized spacial score (nSPS) is 11.6. The summed E-state index contributed by atoms with van der Waals surface area (Å²) in [5.41, 5.74) is 14.8. The lowest BCUT2D eigenvalue weighted by molar-refractivity contribution is 0.827. The molecule has 0 saturated heterocycles. The molecule has 0 aliphatic carbocycles. The molecule has 0 aliphatic heterocycles. The lowest BCUT2D eigenvalue weighted by Crippen LogP contribution is -2.15. The molecule has 0 fully saturated rings. The van der Waals surface area contributed by atoms with Gasteiger partial charge in [-0.25, -0.2) is 19.9 Å². The molecular formula is C52H46N8. The Morgan fingerprint density at radius 2 is 0.700 bits per heavy atom. The van der Waals surface area contributed by atoms with Crippen LogP contribution in [0.25, 0.3) is 54.7 Å². The zero-order chi connectivity index (χ0) is 41.1. The van der Waals surface area contributed by atoms with Crippen LogP contribution in [0.2, 0.25) is 0 Å². The summed E-state index contributed by atoms with van der Waals surface area (Å²) in [6, 6.07) is 52.1. The minimum atomic E-state index is 0.648. The summed E-state index contributed by atoms with van der Waals surface area (Å²) in [7, 11) is 0. The van der Waals surface area contributed by atoms with Gasteiger partial charge in [0, 0.05) is 79.8 Å². The second kappa shape index (κ2) is 14.8. The van der Waals surface area contributed by atoms with E-state index in [4.69, 9.17) is 19.9 Å². The molecule has 6 aromatic carbocycles. The van der Waals surface area contributed by atoms with Gasteiger partial charge in [0.15, 0.2) is 0 Å². The molecule has 0 unspecified atom stereocenters. The number of aryl methyl sites for hydroxylation is 6. The van der Waals surface area contributed by atoms with Crippen molar-refractivity contribution in [3.8, 4) is 11.1 Å². The molecule has 0 atom stereocenters. The Kier molecular flexibility index (Phi) is 9.13. The van der Waals surface area contributed by atoms with Crippen LogP contribution in [-0.2, 0) is 13.1 Å². The molecule has 4 heterocycles. The fourth-order valence-electron chi connectivity index (χ4n) is 9.02. The van der Waals surface area contributed by atoms with Crippen molar-refractivity contribution in [3.05, 3.63) is 168 Å². The summed E-state index contributed by atoms with van der Waals surface area (Å²) < 4.78 is 4.77. The van der Waals surface area contributed by atoms with Gasteiger partial charge in [-0.15, -0.1) is 0 Å². The van der Waals surface area contributed by atoms with Crippen molar-refractivity contribution in [3.63, 3.8) is 0 Å². The molecular weight excluding hydrogens is 737 g/mol. The van der Waals surface area contributed by atoms with Gasteiger partial charge in [-0.3, -0.25) is 9.80 Å². The molecule has 0 amide bonds. The van der Waals surface area contributed by atoms with Gasteiger partial charge in [0.2, 0.25) is 11.9 Å². The average molecular weight is 783 g/mol. The number of para-hydroxylation sites is 2. The Morgan fingerprint density at radius 1 is 0.367 bits per heavy atom. The SMILES string of the molecule is CCn1c2ccccc2c2ccc(N(c3ccc(-c4ccc(N(c5ccc6c7ccccc7n(CC)c6c5)c5nc(C)cc(C)n5)cc4)cc3)c3nc(C)cc(C)n3)cc21. The van der Waals surface area contributed by atoms with Crippen molar-refractivity contribution in [2.75, 3.05) is 9.80 Å². The second-order valence-corrected chi connectivity index (χ2v) is 15.6. The maximum absolute atomic E-state index is 4.95. The predicted octanol–water partition coefficient (Wildman–Crippen LogP) is 13.4. The van der Waals surface area contributed by atoms with Crippen LogP contribution in [0, 0.1) is 27.7 Å². The van der Waals surface area contributed by atoms with E-state index in [2.05, 4.69) is 166 Å². The number of aromatic nitrogens is 6. The number of benzene rings is 6. The highest BCUT2D eigenvalue weighted by Gasteiger charge is 2.21. The van der Waals surface area contributed by atoms with E-state index in [-0.39, 0.29) is 0 Å². The number of anilines is 6. The van der Waals surface area contributed by atoms with E-state index >= 15 is 0 Å². The van der Waals surface area contributed by atoms with Crippen molar-refractivity contribution in [2.24, 2.45) is 0 Å². The first-order chi connectivity index (χ1) is 29.3. The molecule has 8 heteroatoms. The van der Waals surface area contributed by atoms with Crippen molar-refractivity contribution >= 4 is 78.3 Å². The number of nitrogens with zero attached hydrogens (tertiary/aromatic N) is 8. The minimum absolute atomic E-state index is 0.648.